The third-order valence-electron chi connectivity index (χ3n) is 4.17. The maximum absolute atomic E-state index is 12.5. The van der Waals surface area contributed by atoms with E-state index in [-0.39, 0.29) is 17.5 Å². The number of aryl methyl sites for hydroxylation is 1. The summed E-state index contributed by atoms with van der Waals surface area (Å²) in [6.07, 6.45) is 2.64. The van der Waals surface area contributed by atoms with E-state index in [0.717, 1.165) is 24.8 Å². The van der Waals surface area contributed by atoms with E-state index < -0.39 is 14.9 Å². The van der Waals surface area contributed by atoms with Crippen LogP contribution in [0.15, 0.2) is 48.5 Å². The van der Waals surface area contributed by atoms with Crippen molar-refractivity contribution < 1.29 is 13.3 Å². The zero-order valence-corrected chi connectivity index (χ0v) is 13.8. The van der Waals surface area contributed by atoms with E-state index in [1.54, 1.807) is 6.07 Å². The van der Waals surface area contributed by atoms with Crippen LogP contribution in [0.3, 0.4) is 0 Å². The van der Waals surface area contributed by atoms with Crippen LogP contribution in [0.2, 0.25) is 0 Å². The monoisotopic (exact) mass is 346 g/mol. The molecule has 1 aliphatic rings. The third-order valence-corrected chi connectivity index (χ3v) is 5.53. The van der Waals surface area contributed by atoms with Crippen molar-refractivity contribution in [3.63, 3.8) is 0 Å². The quantitative estimate of drug-likeness (QED) is 0.665. The summed E-state index contributed by atoms with van der Waals surface area (Å²) in [4.78, 5) is 10.3. The predicted octanol–water partition coefficient (Wildman–Crippen LogP) is 3.09. The second kappa shape index (κ2) is 6.70. The van der Waals surface area contributed by atoms with Crippen LogP contribution in [0.25, 0.3) is 0 Å². The number of hydrogen-bond acceptors (Lipinski definition) is 4. The number of nitro groups is 1. The average Bonchev–Trinajstić information content (AvgIpc) is 2.54. The number of nitro benzene ring substituents is 1. The van der Waals surface area contributed by atoms with Crippen molar-refractivity contribution in [1.82, 2.24) is 4.72 Å². The zero-order chi connectivity index (χ0) is 17.2. The molecule has 0 amide bonds. The minimum atomic E-state index is -3.59. The van der Waals surface area contributed by atoms with Gasteiger partial charge in [0.1, 0.15) is 0 Å². The summed E-state index contributed by atoms with van der Waals surface area (Å²) >= 11 is 0. The van der Waals surface area contributed by atoms with E-state index in [2.05, 4.69) is 4.72 Å². The lowest BCUT2D eigenvalue weighted by Crippen LogP contribution is -2.32. The van der Waals surface area contributed by atoms with Crippen LogP contribution in [-0.2, 0) is 22.2 Å². The first-order valence-electron chi connectivity index (χ1n) is 7.76. The maximum atomic E-state index is 12.5. The number of rotatable bonds is 5. The number of nitrogens with one attached hydrogen (secondary N) is 1. The molecular weight excluding hydrogens is 328 g/mol. The molecule has 1 N–H and O–H groups in total. The van der Waals surface area contributed by atoms with Gasteiger partial charge in [-0.25, -0.2) is 13.1 Å². The van der Waals surface area contributed by atoms with E-state index in [0.29, 0.717) is 5.56 Å². The number of benzene rings is 2. The molecule has 0 unspecified atom stereocenters. The topological polar surface area (TPSA) is 89.3 Å². The Kier molecular flexibility index (Phi) is 4.64. The van der Waals surface area contributed by atoms with E-state index in [1.165, 1.54) is 23.8 Å². The van der Waals surface area contributed by atoms with Crippen LogP contribution in [0.1, 0.15) is 35.6 Å². The molecule has 3 rings (SSSR count). The molecule has 0 fully saturated rings. The highest BCUT2D eigenvalue weighted by Gasteiger charge is 2.24. The van der Waals surface area contributed by atoms with Crippen molar-refractivity contribution in [3.05, 3.63) is 75.3 Å². The normalized spacial score (nSPS) is 17.2. The SMILES string of the molecule is O=[N+]([O-])c1cccc(CS(=O)(=O)N[C@@H]2CCCc3ccccc32)c1. The molecule has 0 bridgehead atoms. The Morgan fingerprint density at radius 2 is 1.96 bits per heavy atom. The second-order valence-corrected chi connectivity index (χ2v) is 7.70. The Morgan fingerprint density at radius 1 is 1.17 bits per heavy atom. The van der Waals surface area contributed by atoms with E-state index in [9.17, 15) is 18.5 Å². The molecule has 0 aromatic heterocycles. The van der Waals surface area contributed by atoms with Crippen LogP contribution in [0, 0.1) is 10.1 Å². The average molecular weight is 346 g/mol. The molecule has 0 heterocycles. The molecule has 2 aromatic rings. The van der Waals surface area contributed by atoms with E-state index >= 15 is 0 Å². The molecule has 0 radical (unpaired) electrons. The minimum Gasteiger partial charge on any atom is -0.258 e. The van der Waals surface area contributed by atoms with Gasteiger partial charge in [-0.2, -0.15) is 0 Å². The molecule has 24 heavy (non-hydrogen) atoms. The second-order valence-electron chi connectivity index (χ2n) is 5.95. The summed E-state index contributed by atoms with van der Waals surface area (Å²) in [6.45, 7) is 0. The Morgan fingerprint density at radius 3 is 2.75 bits per heavy atom. The van der Waals surface area contributed by atoms with Gasteiger partial charge in [0.15, 0.2) is 0 Å². The van der Waals surface area contributed by atoms with Crippen molar-refractivity contribution >= 4 is 15.7 Å². The Labute approximate surface area is 140 Å². The van der Waals surface area contributed by atoms with Gasteiger partial charge in [-0.05, 0) is 36.0 Å². The lowest BCUT2D eigenvalue weighted by Gasteiger charge is -2.26. The highest BCUT2D eigenvalue weighted by molar-refractivity contribution is 7.88. The molecule has 1 atom stereocenters. The van der Waals surface area contributed by atoms with Crippen LogP contribution < -0.4 is 4.72 Å². The molecule has 1 aliphatic carbocycles. The van der Waals surface area contributed by atoms with Crippen molar-refractivity contribution in [1.29, 1.82) is 0 Å². The number of non-ortho nitro benzene ring substituents is 1. The molecule has 0 saturated heterocycles. The van der Waals surface area contributed by atoms with Crippen LogP contribution in [0.4, 0.5) is 5.69 Å². The number of fused-ring (bicyclic) bond motifs is 1. The van der Waals surface area contributed by atoms with Gasteiger partial charge < -0.3 is 0 Å². The number of sulfonamides is 1. The van der Waals surface area contributed by atoms with Crippen LogP contribution in [-0.4, -0.2) is 13.3 Å². The number of hydrogen-bond donors (Lipinski definition) is 1. The highest BCUT2D eigenvalue weighted by Crippen LogP contribution is 2.30. The van der Waals surface area contributed by atoms with Gasteiger partial charge in [0.2, 0.25) is 10.0 Å². The highest BCUT2D eigenvalue weighted by atomic mass is 32.2. The van der Waals surface area contributed by atoms with Gasteiger partial charge >= 0.3 is 0 Å². The number of nitrogens with zero attached hydrogens (tertiary/aromatic N) is 1. The molecule has 126 valence electrons. The lowest BCUT2D eigenvalue weighted by molar-refractivity contribution is -0.384. The summed E-state index contributed by atoms with van der Waals surface area (Å²) in [5.74, 6) is -0.270. The Balaban J connectivity index is 1.78. The molecule has 6 nitrogen and oxygen atoms in total. The summed E-state index contributed by atoms with van der Waals surface area (Å²) in [7, 11) is -3.59. The summed E-state index contributed by atoms with van der Waals surface area (Å²) in [5, 5.41) is 10.8. The zero-order valence-electron chi connectivity index (χ0n) is 13.0. The van der Waals surface area contributed by atoms with Gasteiger partial charge in [-0.1, -0.05) is 36.4 Å². The van der Waals surface area contributed by atoms with E-state index in [1.807, 2.05) is 24.3 Å². The summed E-state index contributed by atoms with van der Waals surface area (Å²) in [5.41, 5.74) is 2.49. The fourth-order valence-electron chi connectivity index (χ4n) is 3.11. The predicted molar refractivity (Wildman–Crippen MR) is 91.0 cm³/mol. The fourth-order valence-corrected chi connectivity index (χ4v) is 4.49. The van der Waals surface area contributed by atoms with Gasteiger partial charge in [-0.15, -0.1) is 0 Å². The lowest BCUT2D eigenvalue weighted by atomic mass is 9.88. The first-order valence-corrected chi connectivity index (χ1v) is 9.41. The first kappa shape index (κ1) is 16.6. The molecular formula is C17H18N2O4S. The van der Waals surface area contributed by atoms with Crippen molar-refractivity contribution in [2.75, 3.05) is 0 Å². The molecule has 2 aromatic carbocycles. The summed E-state index contributed by atoms with van der Waals surface area (Å²) in [6, 6.07) is 13.3. The Hall–Kier alpha value is -2.25. The minimum absolute atomic E-state index is 0.106. The van der Waals surface area contributed by atoms with Gasteiger partial charge in [0.25, 0.3) is 5.69 Å². The van der Waals surface area contributed by atoms with Gasteiger partial charge in [0, 0.05) is 18.2 Å². The fraction of sp³-hybridized carbons (Fsp3) is 0.294. The molecule has 0 saturated carbocycles. The smallest absolute Gasteiger partial charge is 0.258 e. The maximum Gasteiger partial charge on any atom is 0.269 e. The van der Waals surface area contributed by atoms with Crippen molar-refractivity contribution in [3.8, 4) is 0 Å². The molecule has 0 aliphatic heterocycles. The molecule has 7 heteroatoms. The van der Waals surface area contributed by atoms with Crippen LogP contribution in [0.5, 0.6) is 0 Å². The van der Waals surface area contributed by atoms with Crippen molar-refractivity contribution in [2.45, 2.75) is 31.1 Å². The van der Waals surface area contributed by atoms with Crippen LogP contribution >= 0.6 is 0 Å². The standard InChI is InChI=1S/C17H18N2O4S/c20-19(21)15-8-3-5-13(11-15)12-24(22,23)18-17-10-4-7-14-6-1-2-9-16(14)17/h1-3,5-6,8-9,11,17-18H,4,7,10,12H2/t17-/m1/s1. The van der Waals surface area contributed by atoms with Gasteiger partial charge in [-0.3, -0.25) is 10.1 Å². The Bertz CT molecular complexity index is 864. The van der Waals surface area contributed by atoms with Crippen molar-refractivity contribution in [2.24, 2.45) is 0 Å². The van der Waals surface area contributed by atoms with E-state index in [4.69, 9.17) is 0 Å². The third kappa shape index (κ3) is 3.80. The largest absolute Gasteiger partial charge is 0.269 e. The van der Waals surface area contributed by atoms with Gasteiger partial charge in [0.05, 0.1) is 10.7 Å². The summed E-state index contributed by atoms with van der Waals surface area (Å²) < 4.78 is 27.7. The first-order chi connectivity index (χ1) is 11.4. The molecule has 0 spiro atoms.